The van der Waals surface area contributed by atoms with Gasteiger partial charge in [-0.25, -0.2) is 4.98 Å². The molecule has 0 bridgehead atoms. The summed E-state index contributed by atoms with van der Waals surface area (Å²) in [6, 6.07) is 10.4. The van der Waals surface area contributed by atoms with Gasteiger partial charge in [-0.1, -0.05) is 29.3 Å². The van der Waals surface area contributed by atoms with E-state index in [0.717, 1.165) is 4.47 Å². The van der Waals surface area contributed by atoms with Crippen molar-refractivity contribution in [3.05, 3.63) is 68.5 Å². The van der Waals surface area contributed by atoms with Crippen molar-refractivity contribution in [2.45, 2.75) is 0 Å². The molecular formula is C17H9BrCl2N4O. The average Bonchev–Trinajstić information content (AvgIpc) is 2.98. The number of halogens is 3. The zero-order valence-corrected chi connectivity index (χ0v) is 15.6. The molecule has 25 heavy (non-hydrogen) atoms. The van der Waals surface area contributed by atoms with E-state index in [1.165, 1.54) is 6.08 Å². The fraction of sp³-hybridized carbons (Fsp3) is 0. The van der Waals surface area contributed by atoms with Gasteiger partial charge in [-0.15, -0.1) is 0 Å². The molecule has 0 aliphatic rings. The van der Waals surface area contributed by atoms with E-state index < -0.39 is 5.91 Å². The fourth-order valence-corrected chi connectivity index (χ4v) is 2.85. The van der Waals surface area contributed by atoms with Crippen LogP contribution < -0.4 is 5.32 Å². The molecule has 0 aliphatic heterocycles. The summed E-state index contributed by atoms with van der Waals surface area (Å²) in [6.07, 6.45) is 4.84. The molecule has 0 saturated heterocycles. The summed E-state index contributed by atoms with van der Waals surface area (Å²) in [4.78, 5) is 16.6. The quantitative estimate of drug-likeness (QED) is 0.467. The van der Waals surface area contributed by atoms with Crippen molar-refractivity contribution >= 4 is 62.4 Å². The number of nitrogens with one attached hydrogen (secondary N) is 1. The molecule has 124 valence electrons. The molecule has 0 saturated carbocycles. The molecule has 2 heterocycles. The summed E-state index contributed by atoms with van der Waals surface area (Å²) in [5.74, 6) is -0.586. The van der Waals surface area contributed by atoms with Crippen LogP contribution in [0.5, 0.6) is 0 Å². The van der Waals surface area contributed by atoms with Gasteiger partial charge in [-0.05, 0) is 46.3 Å². The highest BCUT2D eigenvalue weighted by atomic mass is 79.9. The second-order valence-corrected chi connectivity index (χ2v) is 6.68. The number of pyridine rings is 1. The summed E-state index contributed by atoms with van der Waals surface area (Å²) >= 11 is 15.4. The maximum absolute atomic E-state index is 12.4. The first kappa shape index (κ1) is 17.5. The van der Waals surface area contributed by atoms with Crippen LogP contribution in [-0.4, -0.2) is 15.3 Å². The molecule has 0 fully saturated rings. The Morgan fingerprint density at radius 3 is 2.88 bits per heavy atom. The predicted molar refractivity (Wildman–Crippen MR) is 102 cm³/mol. The molecule has 1 amide bonds. The van der Waals surface area contributed by atoms with Crippen molar-refractivity contribution in [2.75, 3.05) is 5.32 Å². The van der Waals surface area contributed by atoms with Gasteiger partial charge >= 0.3 is 0 Å². The van der Waals surface area contributed by atoms with Crippen molar-refractivity contribution in [3.63, 3.8) is 0 Å². The maximum atomic E-state index is 12.4. The first-order valence-electron chi connectivity index (χ1n) is 6.99. The van der Waals surface area contributed by atoms with E-state index in [0.29, 0.717) is 22.1 Å². The SMILES string of the molecule is N#C/C(=C/c1cnc2ccc(Br)cn12)C(=O)Nc1cccc(Cl)c1Cl. The van der Waals surface area contributed by atoms with Crippen LogP contribution in [0, 0.1) is 11.3 Å². The molecule has 0 unspecified atom stereocenters. The Kier molecular flexibility index (Phi) is 5.09. The van der Waals surface area contributed by atoms with Crippen LogP contribution in [0.1, 0.15) is 5.69 Å². The minimum Gasteiger partial charge on any atom is -0.320 e. The number of aromatic nitrogens is 2. The van der Waals surface area contributed by atoms with Gasteiger partial charge < -0.3 is 5.32 Å². The highest BCUT2D eigenvalue weighted by Crippen LogP contribution is 2.29. The summed E-state index contributed by atoms with van der Waals surface area (Å²) in [5.41, 5.74) is 1.55. The lowest BCUT2D eigenvalue weighted by atomic mass is 10.2. The highest BCUT2D eigenvalue weighted by molar-refractivity contribution is 9.10. The number of rotatable bonds is 3. The van der Waals surface area contributed by atoms with Gasteiger partial charge in [0.25, 0.3) is 5.91 Å². The van der Waals surface area contributed by atoms with Gasteiger partial charge in [-0.3, -0.25) is 9.20 Å². The minimum atomic E-state index is -0.586. The lowest BCUT2D eigenvalue weighted by Gasteiger charge is -2.07. The van der Waals surface area contributed by atoms with Crippen LogP contribution in [-0.2, 0) is 4.79 Å². The summed E-state index contributed by atoms with van der Waals surface area (Å²) in [7, 11) is 0. The number of carbonyl (C=O) groups excluding carboxylic acids is 1. The molecule has 1 aromatic carbocycles. The topological polar surface area (TPSA) is 70.2 Å². The van der Waals surface area contributed by atoms with Gasteiger partial charge in [0.05, 0.1) is 27.6 Å². The Hall–Kier alpha value is -2.33. The standard InChI is InChI=1S/C17H9BrCl2N4O/c18-11-4-5-15-22-8-12(24(15)9-11)6-10(7-21)17(25)23-14-3-1-2-13(19)16(14)20/h1-6,8-9H,(H,23,25)/b10-6-. The van der Waals surface area contributed by atoms with Gasteiger partial charge in [0.15, 0.2) is 0 Å². The molecule has 3 aromatic rings. The number of anilines is 1. The van der Waals surface area contributed by atoms with E-state index in [-0.39, 0.29) is 10.6 Å². The Labute approximate surface area is 161 Å². The first-order chi connectivity index (χ1) is 12.0. The van der Waals surface area contributed by atoms with Crippen molar-refractivity contribution < 1.29 is 4.79 Å². The van der Waals surface area contributed by atoms with Crippen LogP contribution in [0.25, 0.3) is 11.7 Å². The smallest absolute Gasteiger partial charge is 0.266 e. The molecule has 3 rings (SSSR count). The highest BCUT2D eigenvalue weighted by Gasteiger charge is 2.14. The fourth-order valence-electron chi connectivity index (χ4n) is 2.17. The molecular weight excluding hydrogens is 427 g/mol. The summed E-state index contributed by atoms with van der Waals surface area (Å²) in [6.45, 7) is 0. The normalized spacial score (nSPS) is 11.4. The number of amides is 1. The van der Waals surface area contributed by atoms with Crippen LogP contribution in [0.4, 0.5) is 5.69 Å². The average molecular weight is 436 g/mol. The number of fused-ring (bicyclic) bond motifs is 1. The summed E-state index contributed by atoms with van der Waals surface area (Å²) < 4.78 is 2.61. The van der Waals surface area contributed by atoms with Gasteiger partial charge in [0.2, 0.25) is 0 Å². The molecule has 0 radical (unpaired) electrons. The molecule has 1 N–H and O–H groups in total. The molecule has 5 nitrogen and oxygen atoms in total. The molecule has 0 spiro atoms. The number of nitriles is 1. The minimum absolute atomic E-state index is 0.0854. The lowest BCUT2D eigenvalue weighted by molar-refractivity contribution is -0.112. The van der Waals surface area contributed by atoms with Crippen molar-refractivity contribution in [2.24, 2.45) is 0 Å². The third kappa shape index (κ3) is 3.69. The number of hydrogen-bond donors (Lipinski definition) is 1. The van der Waals surface area contributed by atoms with E-state index in [1.54, 1.807) is 35.0 Å². The van der Waals surface area contributed by atoms with Crippen LogP contribution in [0.15, 0.2) is 52.8 Å². The Morgan fingerprint density at radius 2 is 2.12 bits per heavy atom. The molecule has 8 heteroatoms. The van der Waals surface area contributed by atoms with Crippen LogP contribution >= 0.6 is 39.1 Å². The molecule has 0 aliphatic carbocycles. The number of benzene rings is 1. The Morgan fingerprint density at radius 1 is 1.32 bits per heavy atom. The van der Waals surface area contributed by atoms with E-state index in [1.807, 2.05) is 18.2 Å². The van der Waals surface area contributed by atoms with Gasteiger partial charge in [0.1, 0.15) is 17.3 Å². The van der Waals surface area contributed by atoms with Crippen LogP contribution in [0.2, 0.25) is 10.0 Å². The number of nitrogens with zero attached hydrogens (tertiary/aromatic N) is 3. The number of hydrogen-bond acceptors (Lipinski definition) is 3. The number of imidazole rings is 1. The zero-order valence-electron chi connectivity index (χ0n) is 12.5. The Balaban J connectivity index is 1.94. The number of carbonyl (C=O) groups is 1. The van der Waals surface area contributed by atoms with Gasteiger partial charge in [-0.2, -0.15) is 5.26 Å². The Bertz CT molecular complexity index is 1050. The van der Waals surface area contributed by atoms with E-state index in [4.69, 9.17) is 23.2 Å². The molecule has 0 atom stereocenters. The van der Waals surface area contributed by atoms with Crippen molar-refractivity contribution in [1.29, 1.82) is 5.26 Å². The summed E-state index contributed by atoms with van der Waals surface area (Å²) in [5, 5.41) is 12.5. The second kappa shape index (κ2) is 7.28. The van der Waals surface area contributed by atoms with Crippen molar-refractivity contribution in [1.82, 2.24) is 9.38 Å². The first-order valence-corrected chi connectivity index (χ1v) is 8.54. The lowest BCUT2D eigenvalue weighted by Crippen LogP contribution is -2.14. The zero-order chi connectivity index (χ0) is 18.0. The van der Waals surface area contributed by atoms with Gasteiger partial charge in [0, 0.05) is 10.7 Å². The van der Waals surface area contributed by atoms with Crippen LogP contribution in [0.3, 0.4) is 0 Å². The predicted octanol–water partition coefficient (Wildman–Crippen LogP) is 4.95. The largest absolute Gasteiger partial charge is 0.320 e. The maximum Gasteiger partial charge on any atom is 0.266 e. The second-order valence-electron chi connectivity index (χ2n) is 4.98. The van der Waals surface area contributed by atoms with E-state index >= 15 is 0 Å². The van der Waals surface area contributed by atoms with E-state index in [2.05, 4.69) is 26.2 Å². The third-order valence-electron chi connectivity index (χ3n) is 3.36. The third-order valence-corrected chi connectivity index (χ3v) is 4.64. The molecule has 2 aromatic heterocycles. The van der Waals surface area contributed by atoms with E-state index in [9.17, 15) is 10.1 Å². The monoisotopic (exact) mass is 434 g/mol. The van der Waals surface area contributed by atoms with Crippen molar-refractivity contribution in [3.8, 4) is 6.07 Å².